The van der Waals surface area contributed by atoms with E-state index < -0.39 is 5.41 Å². The summed E-state index contributed by atoms with van der Waals surface area (Å²) in [4.78, 5) is 0. The summed E-state index contributed by atoms with van der Waals surface area (Å²) < 4.78 is 0. The van der Waals surface area contributed by atoms with Crippen LogP contribution in [0.25, 0.3) is 22.3 Å². The van der Waals surface area contributed by atoms with E-state index in [4.69, 9.17) is 0 Å². The third kappa shape index (κ3) is 3.85. The third-order valence-corrected chi connectivity index (χ3v) is 8.09. The van der Waals surface area contributed by atoms with Crippen molar-refractivity contribution in [3.05, 3.63) is 107 Å². The fourth-order valence-corrected chi connectivity index (χ4v) is 6.17. The summed E-state index contributed by atoms with van der Waals surface area (Å²) in [5, 5.41) is 22.2. The minimum atomic E-state index is -0.459. The summed E-state index contributed by atoms with van der Waals surface area (Å²) in [6, 6.07) is 30.7. The van der Waals surface area contributed by atoms with E-state index in [9.17, 15) is 0 Å². The SMILES string of the molecule is CCN(CC)N=Nc1ccc2c(c1)C1(c3ccccc3-2)c2ccccc2-c2ccc(N=NN(CC)CC)cc21. The zero-order valence-electron chi connectivity index (χ0n) is 23.1. The van der Waals surface area contributed by atoms with Crippen molar-refractivity contribution in [3.63, 3.8) is 0 Å². The van der Waals surface area contributed by atoms with Crippen molar-refractivity contribution < 1.29 is 0 Å². The maximum absolute atomic E-state index is 4.65. The Balaban J connectivity index is 1.61. The molecule has 0 unspecified atom stereocenters. The molecular weight excluding hydrogens is 480 g/mol. The Morgan fingerprint density at radius 1 is 0.487 bits per heavy atom. The monoisotopic (exact) mass is 514 g/mol. The van der Waals surface area contributed by atoms with Crippen LogP contribution in [0.3, 0.4) is 0 Å². The summed E-state index contributed by atoms with van der Waals surface area (Å²) in [7, 11) is 0. The molecule has 6 heteroatoms. The van der Waals surface area contributed by atoms with Gasteiger partial charge in [-0.05, 0) is 96.5 Å². The number of hydrogen-bond donors (Lipinski definition) is 0. The number of fused-ring (bicyclic) bond motifs is 10. The van der Waals surface area contributed by atoms with Crippen molar-refractivity contribution in [2.24, 2.45) is 20.7 Å². The van der Waals surface area contributed by atoms with Gasteiger partial charge in [0.05, 0.1) is 16.8 Å². The van der Waals surface area contributed by atoms with Gasteiger partial charge in [0, 0.05) is 26.2 Å². The fourth-order valence-electron chi connectivity index (χ4n) is 6.17. The molecule has 1 spiro atoms. The van der Waals surface area contributed by atoms with Crippen LogP contribution < -0.4 is 0 Å². The molecule has 2 aliphatic rings. The minimum absolute atomic E-state index is 0.459. The lowest BCUT2D eigenvalue weighted by Gasteiger charge is -2.30. The molecule has 39 heavy (non-hydrogen) atoms. The van der Waals surface area contributed by atoms with E-state index >= 15 is 0 Å². The van der Waals surface area contributed by atoms with E-state index in [2.05, 4.69) is 133 Å². The normalized spacial score (nSPS) is 16.5. The first-order chi connectivity index (χ1) is 19.1. The van der Waals surface area contributed by atoms with Crippen molar-refractivity contribution in [3.8, 4) is 22.3 Å². The number of benzene rings is 4. The highest BCUT2D eigenvalue weighted by atomic mass is 15.5. The molecular formula is C33H34N6. The van der Waals surface area contributed by atoms with E-state index in [0.29, 0.717) is 0 Å². The number of nitrogens with zero attached hydrogens (tertiary/aromatic N) is 6. The first kappa shape index (κ1) is 25.0. The minimum Gasteiger partial charge on any atom is -0.279 e. The van der Waals surface area contributed by atoms with Gasteiger partial charge in [0.2, 0.25) is 0 Å². The molecule has 6 rings (SSSR count). The van der Waals surface area contributed by atoms with E-state index in [1.54, 1.807) is 0 Å². The molecule has 196 valence electrons. The molecule has 0 aromatic heterocycles. The molecule has 0 saturated carbocycles. The van der Waals surface area contributed by atoms with Crippen LogP contribution >= 0.6 is 0 Å². The predicted octanol–water partition coefficient (Wildman–Crippen LogP) is 8.71. The quantitative estimate of drug-likeness (QED) is 0.151. The average Bonchev–Trinajstić information content (AvgIpc) is 3.45. The summed E-state index contributed by atoms with van der Waals surface area (Å²) in [5.74, 6) is 0. The van der Waals surface area contributed by atoms with Crippen LogP contribution in [0.5, 0.6) is 0 Å². The van der Waals surface area contributed by atoms with Crippen LogP contribution in [0.15, 0.2) is 106 Å². The van der Waals surface area contributed by atoms with Crippen molar-refractivity contribution in [1.82, 2.24) is 10.0 Å². The van der Waals surface area contributed by atoms with Gasteiger partial charge in [0.1, 0.15) is 0 Å². The maximum Gasteiger partial charge on any atom is 0.0877 e. The van der Waals surface area contributed by atoms with Gasteiger partial charge >= 0.3 is 0 Å². The third-order valence-electron chi connectivity index (χ3n) is 8.09. The molecule has 0 saturated heterocycles. The molecule has 0 fully saturated rings. The van der Waals surface area contributed by atoms with Crippen LogP contribution in [-0.2, 0) is 5.41 Å². The Morgan fingerprint density at radius 3 is 1.28 bits per heavy atom. The molecule has 2 aliphatic carbocycles. The van der Waals surface area contributed by atoms with Crippen LogP contribution in [0.1, 0.15) is 49.9 Å². The summed E-state index contributed by atoms with van der Waals surface area (Å²) in [6.07, 6.45) is 0. The second-order valence-electron chi connectivity index (χ2n) is 9.96. The van der Waals surface area contributed by atoms with Gasteiger partial charge in [0.15, 0.2) is 0 Å². The van der Waals surface area contributed by atoms with Gasteiger partial charge in [-0.1, -0.05) is 71.1 Å². The Hall–Kier alpha value is -4.32. The number of rotatable bonds is 8. The van der Waals surface area contributed by atoms with Crippen LogP contribution in [-0.4, -0.2) is 36.2 Å². The summed E-state index contributed by atoms with van der Waals surface area (Å²) in [6.45, 7) is 11.7. The Labute approximate surface area is 230 Å². The number of hydrogen-bond acceptors (Lipinski definition) is 4. The topological polar surface area (TPSA) is 55.9 Å². The molecule has 0 atom stereocenters. The molecule has 0 amide bonds. The molecule has 0 N–H and O–H groups in total. The van der Waals surface area contributed by atoms with Gasteiger partial charge in [-0.3, -0.25) is 10.0 Å². The van der Waals surface area contributed by atoms with Crippen LogP contribution in [0.4, 0.5) is 11.4 Å². The highest BCUT2D eigenvalue weighted by Gasteiger charge is 2.51. The molecule has 4 aromatic carbocycles. The molecule has 0 bridgehead atoms. The second kappa shape index (κ2) is 10.1. The van der Waals surface area contributed by atoms with Crippen molar-refractivity contribution in [2.75, 3.05) is 26.2 Å². The lowest BCUT2D eigenvalue weighted by atomic mass is 9.70. The van der Waals surface area contributed by atoms with E-state index in [1.165, 1.54) is 44.5 Å². The van der Waals surface area contributed by atoms with Gasteiger partial charge in [0.25, 0.3) is 0 Å². The first-order valence-electron chi connectivity index (χ1n) is 14.0. The Bertz CT molecular complexity index is 1460. The van der Waals surface area contributed by atoms with Gasteiger partial charge in [-0.2, -0.15) is 0 Å². The maximum atomic E-state index is 4.65. The Morgan fingerprint density at radius 2 is 0.872 bits per heavy atom. The molecule has 0 heterocycles. The van der Waals surface area contributed by atoms with Crippen LogP contribution in [0, 0.1) is 0 Å². The first-order valence-corrected chi connectivity index (χ1v) is 14.0. The predicted molar refractivity (Wildman–Crippen MR) is 158 cm³/mol. The van der Waals surface area contributed by atoms with Crippen molar-refractivity contribution in [2.45, 2.75) is 33.1 Å². The van der Waals surface area contributed by atoms with Gasteiger partial charge in [-0.15, -0.1) is 10.2 Å². The largest absolute Gasteiger partial charge is 0.279 e. The van der Waals surface area contributed by atoms with Crippen molar-refractivity contribution in [1.29, 1.82) is 0 Å². The van der Waals surface area contributed by atoms with E-state index in [-0.39, 0.29) is 0 Å². The summed E-state index contributed by atoms with van der Waals surface area (Å²) in [5.41, 5.74) is 11.3. The zero-order valence-corrected chi connectivity index (χ0v) is 23.1. The molecule has 0 radical (unpaired) electrons. The molecule has 0 aliphatic heterocycles. The molecule has 4 aromatic rings. The van der Waals surface area contributed by atoms with Gasteiger partial charge in [-0.25, -0.2) is 0 Å². The Kier molecular flexibility index (Phi) is 6.47. The van der Waals surface area contributed by atoms with E-state index in [1.807, 2.05) is 10.0 Å². The van der Waals surface area contributed by atoms with Crippen LogP contribution in [0.2, 0.25) is 0 Å². The highest BCUT2D eigenvalue weighted by Crippen LogP contribution is 2.63. The van der Waals surface area contributed by atoms with E-state index in [0.717, 1.165) is 37.6 Å². The lowest BCUT2D eigenvalue weighted by Crippen LogP contribution is -2.25. The second-order valence-corrected chi connectivity index (χ2v) is 9.96. The zero-order chi connectivity index (χ0) is 27.0. The highest BCUT2D eigenvalue weighted by molar-refractivity contribution is 5.95. The van der Waals surface area contributed by atoms with Crippen molar-refractivity contribution >= 4 is 11.4 Å². The average molecular weight is 515 g/mol. The molecule has 6 nitrogen and oxygen atoms in total. The summed E-state index contributed by atoms with van der Waals surface area (Å²) >= 11 is 0. The fraction of sp³-hybridized carbons (Fsp3) is 0.273. The van der Waals surface area contributed by atoms with Gasteiger partial charge < -0.3 is 0 Å². The standard InChI is InChI=1S/C33H34N6/c1-5-38(6-2)36-34-23-17-19-27-25-13-9-11-15-29(25)33(31(27)21-23)30-16-12-10-14-26(30)28-20-18-24(22-32(28)33)35-37-39(7-3)8-4/h9-22H,5-8H2,1-4H3. The smallest absolute Gasteiger partial charge is 0.0877 e. The lowest BCUT2D eigenvalue weighted by molar-refractivity contribution is 0.300.